The molecule has 1 unspecified atom stereocenters. The molecule has 0 aromatic rings. The first-order valence-electron chi connectivity index (χ1n) is 4.34. The number of hydrogen-bond donors (Lipinski definition) is 1. The number of rotatable bonds is 2. The van der Waals surface area contributed by atoms with Gasteiger partial charge >= 0.3 is 0 Å². The summed E-state index contributed by atoms with van der Waals surface area (Å²) in [6.07, 6.45) is 2.02. The Balaban J connectivity index is 2.46. The van der Waals surface area contributed by atoms with Crippen molar-refractivity contribution < 1.29 is 0 Å². The third-order valence-corrected chi connectivity index (χ3v) is 2.42. The van der Waals surface area contributed by atoms with Gasteiger partial charge in [-0.1, -0.05) is 6.08 Å². The molecule has 2 atom stereocenters. The maximum absolute atomic E-state index is 3.81. The van der Waals surface area contributed by atoms with Crippen LogP contribution in [0.5, 0.6) is 0 Å². The molecule has 1 saturated heterocycles. The summed E-state index contributed by atoms with van der Waals surface area (Å²) in [5.74, 6) is 0. The minimum atomic E-state index is 0.520. The molecule has 2 nitrogen and oxygen atoms in total. The second kappa shape index (κ2) is 3.88. The van der Waals surface area contributed by atoms with Gasteiger partial charge in [0.1, 0.15) is 0 Å². The molecule has 1 rings (SSSR count). The Kier molecular flexibility index (Phi) is 3.09. The van der Waals surface area contributed by atoms with Crippen molar-refractivity contribution >= 4 is 0 Å². The van der Waals surface area contributed by atoms with Crippen LogP contribution < -0.4 is 5.32 Å². The van der Waals surface area contributed by atoms with Crippen LogP contribution in [-0.2, 0) is 0 Å². The molecular weight excluding hydrogens is 136 g/mol. The van der Waals surface area contributed by atoms with Crippen LogP contribution >= 0.6 is 0 Å². The smallest absolute Gasteiger partial charge is 0.0251 e. The highest BCUT2D eigenvalue weighted by Gasteiger charge is 2.20. The number of hydrogen-bond acceptors (Lipinski definition) is 2. The molecule has 0 saturated carbocycles. The molecule has 0 amide bonds. The van der Waals surface area contributed by atoms with Crippen LogP contribution in [0.2, 0.25) is 0 Å². The molecule has 0 aliphatic carbocycles. The topological polar surface area (TPSA) is 15.3 Å². The van der Waals surface area contributed by atoms with E-state index in [0.717, 1.165) is 19.6 Å². The van der Waals surface area contributed by atoms with E-state index in [-0.39, 0.29) is 0 Å². The van der Waals surface area contributed by atoms with E-state index in [0.29, 0.717) is 12.1 Å². The molecule has 0 bridgehead atoms. The monoisotopic (exact) mass is 154 g/mol. The second-order valence-electron chi connectivity index (χ2n) is 3.27. The van der Waals surface area contributed by atoms with Gasteiger partial charge in [0.15, 0.2) is 0 Å². The lowest BCUT2D eigenvalue weighted by Crippen LogP contribution is -2.52. The molecule has 0 aromatic carbocycles. The highest BCUT2D eigenvalue weighted by Crippen LogP contribution is 2.07. The van der Waals surface area contributed by atoms with E-state index >= 15 is 0 Å². The van der Waals surface area contributed by atoms with Gasteiger partial charge < -0.3 is 5.32 Å². The van der Waals surface area contributed by atoms with E-state index in [2.05, 4.69) is 30.6 Å². The molecule has 1 aliphatic rings. The Bertz CT molecular complexity index is 134. The molecule has 1 aliphatic heterocycles. The molecule has 1 N–H and O–H groups in total. The van der Waals surface area contributed by atoms with Crippen LogP contribution in [0.15, 0.2) is 12.7 Å². The van der Waals surface area contributed by atoms with E-state index in [9.17, 15) is 0 Å². The van der Waals surface area contributed by atoms with E-state index in [4.69, 9.17) is 0 Å². The lowest BCUT2D eigenvalue weighted by atomic mass is 10.1. The van der Waals surface area contributed by atoms with Crippen molar-refractivity contribution in [3.05, 3.63) is 12.7 Å². The summed E-state index contributed by atoms with van der Waals surface area (Å²) in [4.78, 5) is 2.48. The second-order valence-corrected chi connectivity index (χ2v) is 3.27. The van der Waals surface area contributed by atoms with Gasteiger partial charge in [0, 0.05) is 31.7 Å². The van der Waals surface area contributed by atoms with Crippen LogP contribution in [-0.4, -0.2) is 36.6 Å². The SMILES string of the molecule is C=CC(C)N1CCNC[C@H]1C. The summed E-state index contributed by atoms with van der Waals surface area (Å²) in [6, 6.07) is 1.17. The predicted octanol–water partition coefficient (Wildman–Crippen LogP) is 0.855. The number of nitrogens with one attached hydrogen (secondary N) is 1. The molecule has 0 radical (unpaired) electrons. The largest absolute Gasteiger partial charge is 0.314 e. The fourth-order valence-electron chi connectivity index (χ4n) is 1.60. The van der Waals surface area contributed by atoms with Gasteiger partial charge in [-0.05, 0) is 13.8 Å². The molecule has 0 aromatic heterocycles. The van der Waals surface area contributed by atoms with Crippen LogP contribution in [0.3, 0.4) is 0 Å². The van der Waals surface area contributed by atoms with E-state index in [1.165, 1.54) is 0 Å². The first-order chi connectivity index (χ1) is 5.25. The zero-order valence-corrected chi connectivity index (χ0v) is 7.51. The van der Waals surface area contributed by atoms with Crippen molar-refractivity contribution in [1.29, 1.82) is 0 Å². The molecule has 64 valence electrons. The molecule has 2 heteroatoms. The molecule has 11 heavy (non-hydrogen) atoms. The van der Waals surface area contributed by atoms with Gasteiger partial charge in [-0.2, -0.15) is 0 Å². The minimum Gasteiger partial charge on any atom is -0.314 e. The lowest BCUT2D eigenvalue weighted by molar-refractivity contribution is 0.149. The number of piperazine rings is 1. The Morgan fingerprint density at radius 3 is 3.00 bits per heavy atom. The summed E-state index contributed by atoms with van der Waals surface area (Å²) < 4.78 is 0. The normalized spacial score (nSPS) is 29.8. The van der Waals surface area contributed by atoms with Gasteiger partial charge in [0.05, 0.1) is 0 Å². The molecule has 1 fully saturated rings. The lowest BCUT2D eigenvalue weighted by Gasteiger charge is -2.37. The van der Waals surface area contributed by atoms with Crippen molar-refractivity contribution in [1.82, 2.24) is 10.2 Å². The van der Waals surface area contributed by atoms with Gasteiger partial charge in [-0.25, -0.2) is 0 Å². The van der Waals surface area contributed by atoms with Gasteiger partial charge in [0.2, 0.25) is 0 Å². The predicted molar refractivity (Wildman–Crippen MR) is 48.7 cm³/mol. The summed E-state index contributed by atoms with van der Waals surface area (Å²) in [5, 5.41) is 3.37. The minimum absolute atomic E-state index is 0.520. The highest BCUT2D eigenvalue weighted by molar-refractivity contribution is 4.89. The van der Waals surface area contributed by atoms with Gasteiger partial charge in [-0.15, -0.1) is 6.58 Å². The van der Waals surface area contributed by atoms with Gasteiger partial charge in [0.25, 0.3) is 0 Å². The Labute approximate surface area is 69.3 Å². The van der Waals surface area contributed by atoms with Crippen molar-refractivity contribution in [3.8, 4) is 0 Å². The average Bonchev–Trinajstić information content (AvgIpc) is 2.04. The first-order valence-corrected chi connectivity index (χ1v) is 4.34. The molecule has 1 heterocycles. The van der Waals surface area contributed by atoms with Crippen molar-refractivity contribution in [2.75, 3.05) is 19.6 Å². The number of nitrogens with zero attached hydrogens (tertiary/aromatic N) is 1. The quantitative estimate of drug-likeness (QED) is 0.593. The third kappa shape index (κ3) is 2.04. The Hall–Kier alpha value is -0.340. The molecule has 0 spiro atoms. The van der Waals surface area contributed by atoms with Gasteiger partial charge in [-0.3, -0.25) is 4.90 Å². The van der Waals surface area contributed by atoms with Crippen LogP contribution in [0, 0.1) is 0 Å². The van der Waals surface area contributed by atoms with Crippen LogP contribution in [0.25, 0.3) is 0 Å². The molecular formula is C9H18N2. The maximum atomic E-state index is 3.81. The summed E-state index contributed by atoms with van der Waals surface area (Å²) in [5.41, 5.74) is 0. The van der Waals surface area contributed by atoms with E-state index < -0.39 is 0 Å². The summed E-state index contributed by atoms with van der Waals surface area (Å²) in [6.45, 7) is 11.6. The highest BCUT2D eigenvalue weighted by atomic mass is 15.2. The van der Waals surface area contributed by atoms with E-state index in [1.807, 2.05) is 6.08 Å². The fraction of sp³-hybridized carbons (Fsp3) is 0.778. The fourth-order valence-corrected chi connectivity index (χ4v) is 1.60. The third-order valence-electron chi connectivity index (χ3n) is 2.42. The average molecular weight is 154 g/mol. The van der Waals surface area contributed by atoms with Crippen LogP contribution in [0.1, 0.15) is 13.8 Å². The van der Waals surface area contributed by atoms with Crippen molar-refractivity contribution in [3.63, 3.8) is 0 Å². The zero-order valence-electron chi connectivity index (χ0n) is 7.51. The van der Waals surface area contributed by atoms with E-state index in [1.54, 1.807) is 0 Å². The van der Waals surface area contributed by atoms with Crippen molar-refractivity contribution in [2.45, 2.75) is 25.9 Å². The summed E-state index contributed by atoms with van der Waals surface area (Å²) in [7, 11) is 0. The summed E-state index contributed by atoms with van der Waals surface area (Å²) >= 11 is 0. The van der Waals surface area contributed by atoms with Crippen LogP contribution in [0.4, 0.5) is 0 Å². The van der Waals surface area contributed by atoms with Crippen molar-refractivity contribution in [2.24, 2.45) is 0 Å². The maximum Gasteiger partial charge on any atom is 0.0251 e. The Morgan fingerprint density at radius 1 is 1.73 bits per heavy atom. The first kappa shape index (κ1) is 8.75. The zero-order chi connectivity index (χ0) is 8.27. The Morgan fingerprint density at radius 2 is 2.45 bits per heavy atom. The standard InChI is InChI=1S/C9H18N2/c1-4-8(2)11-6-5-10-7-9(11)3/h4,8-10H,1,5-7H2,2-3H3/t8?,9-/m1/s1.